The van der Waals surface area contributed by atoms with Crippen molar-refractivity contribution in [1.29, 1.82) is 0 Å². The van der Waals surface area contributed by atoms with Gasteiger partial charge in [0.05, 0.1) is 111 Å². The molecule has 40 heteroatoms. The van der Waals surface area contributed by atoms with Crippen molar-refractivity contribution in [2.45, 2.75) is 79.3 Å². The molecule has 3 atom stereocenters. The molecule has 18 aromatic rings. The molecule has 0 aliphatic carbocycles. The maximum Gasteiger partial charge on any atom is 0.310 e. The molecule has 0 fully saturated rings. The molecule has 566 valence electrons. The predicted molar refractivity (Wildman–Crippen MR) is 415 cm³/mol. The van der Waals surface area contributed by atoms with Gasteiger partial charge in [0.2, 0.25) is 23.6 Å². The van der Waals surface area contributed by atoms with Gasteiger partial charge in [0.25, 0.3) is 16.7 Å². The number of ether oxygens (including phenoxy) is 1. The van der Waals surface area contributed by atoms with Gasteiger partial charge in [0.1, 0.15) is 43.7 Å². The third kappa shape index (κ3) is 13.8. The summed E-state index contributed by atoms with van der Waals surface area (Å²) >= 11 is 4.22. The van der Waals surface area contributed by atoms with Gasteiger partial charge in [-0.15, -0.1) is 34.0 Å². The first-order valence-corrected chi connectivity index (χ1v) is 36.7. The Hall–Kier alpha value is -14.0. The normalized spacial score (nSPS) is 12.3. The van der Waals surface area contributed by atoms with Crippen LogP contribution in [0.3, 0.4) is 0 Å². The lowest BCUT2D eigenvalue weighted by atomic mass is 10.1. The summed E-state index contributed by atoms with van der Waals surface area (Å²) in [7, 11) is 5.42. The van der Waals surface area contributed by atoms with Crippen LogP contribution in [0.2, 0.25) is 0 Å². The van der Waals surface area contributed by atoms with E-state index in [0.29, 0.717) is 67.5 Å². The number of amides is 2. The molecule has 3 unspecified atom stereocenters. The van der Waals surface area contributed by atoms with E-state index in [4.69, 9.17) is 20.7 Å². The van der Waals surface area contributed by atoms with Crippen molar-refractivity contribution in [1.82, 2.24) is 129 Å². The highest BCUT2D eigenvalue weighted by Crippen LogP contribution is 2.38. The van der Waals surface area contributed by atoms with Gasteiger partial charge in [-0.25, -0.2) is 38.4 Å². The third-order valence-electron chi connectivity index (χ3n) is 18.4. The summed E-state index contributed by atoms with van der Waals surface area (Å²) in [5.41, 5.74) is 16.4. The number of aromatic amines is 4. The van der Waals surface area contributed by atoms with E-state index in [1.54, 1.807) is 84.0 Å². The van der Waals surface area contributed by atoms with E-state index in [0.717, 1.165) is 90.8 Å². The molecular weight excluding hydrogens is 1500 g/mol. The smallest absolute Gasteiger partial charge is 0.310 e. The summed E-state index contributed by atoms with van der Waals surface area (Å²) in [4.78, 5) is 122. The topological polar surface area (TPSA) is 470 Å². The van der Waals surface area contributed by atoms with Crippen LogP contribution >= 0.6 is 34.0 Å². The first-order valence-electron chi connectivity index (χ1n) is 34.3. The lowest BCUT2D eigenvalue weighted by Gasteiger charge is -2.13. The van der Waals surface area contributed by atoms with Crippen molar-refractivity contribution >= 4 is 166 Å². The maximum absolute atomic E-state index is 13.6. The van der Waals surface area contributed by atoms with E-state index < -0.39 is 30.1 Å². The number of benzene rings is 3. The first kappa shape index (κ1) is 73.5. The molecule has 2 amide bonds. The Morgan fingerprint density at radius 1 is 0.473 bits per heavy atom. The summed E-state index contributed by atoms with van der Waals surface area (Å²) in [6.45, 7) is 8.93. The molecule has 112 heavy (non-hydrogen) atoms. The van der Waals surface area contributed by atoms with Crippen LogP contribution in [0, 0.1) is 0 Å². The molecule has 0 radical (unpaired) electrons. The number of nitrogens with two attached hydrogens (primary N) is 1. The Bertz CT molecular complexity index is 6940. The van der Waals surface area contributed by atoms with Crippen LogP contribution in [-0.2, 0) is 64.7 Å². The van der Waals surface area contributed by atoms with Gasteiger partial charge in [0.15, 0.2) is 16.9 Å². The van der Waals surface area contributed by atoms with Gasteiger partial charge < -0.3 is 34.8 Å². The molecule has 0 spiro atoms. The van der Waals surface area contributed by atoms with Gasteiger partial charge >= 0.3 is 11.9 Å². The van der Waals surface area contributed by atoms with Gasteiger partial charge in [-0.3, -0.25) is 63.5 Å². The molecule has 37 nitrogen and oxygen atoms in total. The summed E-state index contributed by atoms with van der Waals surface area (Å²) in [5.74, 6) is -2.04. The van der Waals surface area contributed by atoms with Crippen LogP contribution in [0.15, 0.2) is 143 Å². The number of esters is 2. The molecule has 0 saturated heterocycles. The van der Waals surface area contributed by atoms with Crippen molar-refractivity contribution in [3.8, 4) is 0 Å². The fourth-order valence-corrected chi connectivity index (χ4v) is 16.7. The number of hydrogen-bond donors (Lipinski definition) is 7. The second-order valence-electron chi connectivity index (χ2n) is 25.9. The molecule has 15 heterocycles. The zero-order chi connectivity index (χ0) is 78.7. The number of hydrogen-bond acceptors (Lipinski definition) is 26. The SMILES string of the molecule is CC(=O)NC(c1ccn(C(C)=O)n1)c1nc2c(s1)c1cnn(Cc3cccc4c3cnn4C(C)=O)c(=O)c1n2C.CC(=O)NC(c1ccn[nH]1)c1nc2c(s1)c1cnn(Cc3cccc4[nH]ncc34)c(=O)c1n2C.CC(=O)OC(C)=O.Cn1c2nc(C(N)c3ccn[nH]3)sc2c2cnn(Cc3cccc4[nH]ncc34)c(=O)c21. The zero-order valence-electron chi connectivity index (χ0n) is 60.8. The van der Waals surface area contributed by atoms with Crippen molar-refractivity contribution in [3.05, 3.63) is 208 Å². The van der Waals surface area contributed by atoms with Crippen LogP contribution in [-0.4, -0.2) is 154 Å². The summed E-state index contributed by atoms with van der Waals surface area (Å²) in [6.07, 6.45) is 15.0. The average Bonchev–Trinajstić information content (AvgIpc) is 1.59. The minimum Gasteiger partial charge on any atom is -0.394 e. The third-order valence-corrected chi connectivity index (χ3v) is 21.8. The molecule has 0 aliphatic heterocycles. The summed E-state index contributed by atoms with van der Waals surface area (Å²) in [6, 6.07) is 20.9. The Labute approximate surface area is 639 Å². The number of carbonyl (C=O) groups is 6. The standard InChI is InChI=1S/C26H23N9O4S.C22H19N9O2S.C20H17N9OS.C4H6O3/c1-13(36)29-21(19-8-9-33(31-19)14(2)37)25-30-24-23(40-25)18-11-27-34(26(39)22(18)32(24)4)12-16-6-5-7-20-17(16)10-28-35(20)15(3)38;1-11(32)26-17(16-6-7-23-29-16)21-27-20-19(34-21)14-9-25-31(22(33)18(14)30(20)2)10-12-4-3-5-15-13(12)8-24-28-15;1-28-16-12(17-18(28)25-19(31-17)15(21)14-5-6-22-27-14)8-24-29(20(16)30)9-10-3-2-4-13-11(10)7-23-26-13;1-3(5)7-4(2)6/h5-11,21H,12H2,1-4H3,(H,29,36);3-9,17H,10H2,1-2H3,(H,23,29)(H,24,28)(H,26,32);2-8,15H,9,21H2,1H3,(H,22,27)(H,23,26);1-2H3. The van der Waals surface area contributed by atoms with Crippen LogP contribution < -0.4 is 33.0 Å². The van der Waals surface area contributed by atoms with E-state index in [1.807, 2.05) is 73.3 Å². The van der Waals surface area contributed by atoms with Gasteiger partial charge in [-0.1, -0.05) is 36.4 Å². The number of fused-ring (bicyclic) bond motifs is 12. The second kappa shape index (κ2) is 29.9. The number of carbonyl (C=O) groups excluding carboxylic acids is 6. The molecule has 18 rings (SSSR count). The van der Waals surface area contributed by atoms with Crippen molar-refractivity contribution in [3.63, 3.8) is 0 Å². The largest absolute Gasteiger partial charge is 0.394 e. The number of H-pyrrole nitrogens is 4. The van der Waals surface area contributed by atoms with E-state index in [9.17, 15) is 43.2 Å². The van der Waals surface area contributed by atoms with Gasteiger partial charge in [0, 0.05) is 114 Å². The highest BCUT2D eigenvalue weighted by molar-refractivity contribution is 7.20. The molecule has 0 bridgehead atoms. The van der Waals surface area contributed by atoms with Crippen LogP contribution in [0.5, 0.6) is 0 Å². The fraction of sp³-hybridized carbons (Fsp3) is 0.208. The van der Waals surface area contributed by atoms with Crippen molar-refractivity contribution in [2.75, 3.05) is 0 Å². The molecule has 8 N–H and O–H groups in total. The minimum atomic E-state index is -0.671. The lowest BCUT2D eigenvalue weighted by Crippen LogP contribution is -2.27. The maximum atomic E-state index is 13.6. The van der Waals surface area contributed by atoms with Crippen LogP contribution in [0.4, 0.5) is 0 Å². The molecule has 0 saturated carbocycles. The molecular formula is C72H65N27O10S3. The molecule has 0 aliphatic rings. The predicted octanol–water partition coefficient (Wildman–Crippen LogP) is 6.84. The zero-order valence-corrected chi connectivity index (χ0v) is 63.3. The van der Waals surface area contributed by atoms with Crippen LogP contribution in [0.1, 0.15) is 118 Å². The Morgan fingerprint density at radius 3 is 1.33 bits per heavy atom. The second-order valence-corrected chi connectivity index (χ2v) is 29.0. The minimum absolute atomic E-state index is 0.162. The summed E-state index contributed by atoms with van der Waals surface area (Å²) < 4.78 is 18.6. The van der Waals surface area contributed by atoms with Crippen LogP contribution in [0.25, 0.3) is 96.5 Å². The Morgan fingerprint density at radius 2 is 0.902 bits per heavy atom. The highest BCUT2D eigenvalue weighted by Gasteiger charge is 2.29. The number of aromatic nitrogens is 24. The van der Waals surface area contributed by atoms with Crippen molar-refractivity contribution in [2.24, 2.45) is 26.9 Å². The van der Waals surface area contributed by atoms with E-state index in [1.165, 1.54) is 105 Å². The van der Waals surface area contributed by atoms with Crippen molar-refractivity contribution < 1.29 is 33.5 Å². The Kier molecular flexibility index (Phi) is 19.6. The number of nitrogens with zero attached hydrogens (tertiary/aromatic N) is 20. The molecule has 3 aromatic carbocycles. The quantitative estimate of drug-likeness (QED) is 0.0432. The summed E-state index contributed by atoms with van der Waals surface area (Å²) in [5, 5.41) is 62.3. The molecule has 15 aromatic heterocycles. The number of thiazole rings is 3. The van der Waals surface area contributed by atoms with Gasteiger partial charge in [-0.05, 0) is 53.1 Å². The Balaban J connectivity index is 0.000000128. The van der Waals surface area contributed by atoms with E-state index in [-0.39, 0.29) is 46.9 Å². The fourth-order valence-electron chi connectivity index (χ4n) is 13.3. The number of rotatable bonds is 14. The number of nitrogens with one attached hydrogen (secondary N) is 6. The monoisotopic (exact) mass is 1560 g/mol. The van der Waals surface area contributed by atoms with E-state index >= 15 is 0 Å². The van der Waals surface area contributed by atoms with E-state index in [2.05, 4.69) is 81.7 Å². The lowest BCUT2D eigenvalue weighted by molar-refractivity contribution is -0.156. The number of aryl methyl sites for hydroxylation is 3. The highest BCUT2D eigenvalue weighted by atomic mass is 32.1. The first-order chi connectivity index (χ1) is 53.9. The van der Waals surface area contributed by atoms with Gasteiger partial charge in [-0.2, -0.15) is 45.9 Å². The average molecular weight is 1560 g/mol.